The van der Waals surface area contributed by atoms with Crippen molar-refractivity contribution in [3.05, 3.63) is 65.7 Å². The molecular formula is C21H19I2N5O2S3. The van der Waals surface area contributed by atoms with Gasteiger partial charge < -0.3 is 14.8 Å². The summed E-state index contributed by atoms with van der Waals surface area (Å²) in [6, 6.07) is 15.7. The average Bonchev–Trinajstić information content (AvgIpc) is 3.46. The highest BCUT2D eigenvalue weighted by atomic mass is 127. The molecule has 0 fully saturated rings. The number of benzene rings is 2. The summed E-state index contributed by atoms with van der Waals surface area (Å²) in [5.74, 6) is 2.59. The smallest absolute Gasteiger partial charge is 0.299 e. The van der Waals surface area contributed by atoms with Crippen LogP contribution in [0.15, 0.2) is 48.5 Å². The summed E-state index contributed by atoms with van der Waals surface area (Å²) < 4.78 is 13.8. The number of halogens is 2. The summed E-state index contributed by atoms with van der Waals surface area (Å²) in [5.41, 5.74) is 0. The van der Waals surface area contributed by atoms with E-state index in [0.29, 0.717) is 11.9 Å². The van der Waals surface area contributed by atoms with E-state index in [1.54, 1.807) is 0 Å². The lowest BCUT2D eigenvalue weighted by Gasteiger charge is -2.10. The molecule has 0 aliphatic heterocycles. The van der Waals surface area contributed by atoms with Crippen LogP contribution in [0.5, 0.6) is 16.7 Å². The number of hydrogen-bond acceptors (Lipinski definition) is 10. The number of hydrogen-bond donors (Lipinski definition) is 1. The maximum absolute atomic E-state index is 5.91. The van der Waals surface area contributed by atoms with E-state index >= 15 is 0 Å². The Morgan fingerprint density at radius 3 is 2.39 bits per heavy atom. The minimum absolute atomic E-state index is 0.150. The van der Waals surface area contributed by atoms with Gasteiger partial charge in [0.25, 0.3) is 5.19 Å². The first-order valence-electron chi connectivity index (χ1n) is 9.93. The van der Waals surface area contributed by atoms with Crippen LogP contribution in [-0.2, 0) is 6.42 Å². The van der Waals surface area contributed by atoms with Crippen LogP contribution in [0.1, 0.15) is 22.2 Å². The van der Waals surface area contributed by atoms with Gasteiger partial charge in [0.15, 0.2) is 6.73 Å². The highest BCUT2D eigenvalue weighted by molar-refractivity contribution is 14.1. The monoisotopic (exact) mass is 723 g/mol. The van der Waals surface area contributed by atoms with E-state index < -0.39 is 0 Å². The van der Waals surface area contributed by atoms with Crippen molar-refractivity contribution in [2.45, 2.75) is 18.6 Å². The van der Waals surface area contributed by atoms with Crippen LogP contribution < -0.4 is 14.8 Å². The SMILES string of the molecule is CCSC(Cc1nnc(Oc2ccccc2I)s1)c1nnc(NCOc2ccccc2I)s1. The van der Waals surface area contributed by atoms with E-state index in [1.165, 1.54) is 22.7 Å². The second-order valence-corrected chi connectivity index (χ2v) is 12.3. The Morgan fingerprint density at radius 2 is 1.67 bits per heavy atom. The summed E-state index contributed by atoms with van der Waals surface area (Å²) >= 11 is 9.33. The number of nitrogens with zero attached hydrogens (tertiary/aromatic N) is 4. The molecule has 7 nitrogen and oxygen atoms in total. The zero-order valence-electron chi connectivity index (χ0n) is 17.4. The normalized spacial score (nSPS) is 11.8. The third kappa shape index (κ3) is 7.13. The predicted octanol–water partition coefficient (Wildman–Crippen LogP) is 6.88. The summed E-state index contributed by atoms with van der Waals surface area (Å²) in [4.78, 5) is 0. The van der Waals surface area contributed by atoms with Gasteiger partial charge in [-0.3, -0.25) is 0 Å². The highest BCUT2D eigenvalue weighted by Crippen LogP contribution is 2.37. The second-order valence-electron chi connectivity index (χ2n) is 6.48. The van der Waals surface area contributed by atoms with Crippen molar-refractivity contribution in [1.29, 1.82) is 0 Å². The van der Waals surface area contributed by atoms with Gasteiger partial charge in [-0.25, -0.2) is 0 Å². The summed E-state index contributed by atoms with van der Waals surface area (Å²) in [7, 11) is 0. The maximum atomic E-state index is 5.91. The molecule has 33 heavy (non-hydrogen) atoms. The second kappa shape index (κ2) is 12.5. The van der Waals surface area contributed by atoms with Crippen LogP contribution in [0.4, 0.5) is 5.13 Å². The molecule has 1 N–H and O–H groups in total. The first kappa shape index (κ1) is 24.9. The van der Waals surface area contributed by atoms with Crippen LogP contribution in [-0.4, -0.2) is 32.9 Å². The third-order valence-electron chi connectivity index (χ3n) is 4.21. The van der Waals surface area contributed by atoms with Gasteiger partial charge in [0.2, 0.25) is 5.13 Å². The van der Waals surface area contributed by atoms with Crippen molar-refractivity contribution in [3.8, 4) is 16.7 Å². The molecule has 4 rings (SSSR count). The molecule has 2 aromatic heterocycles. The Hall–Kier alpha value is -1.23. The van der Waals surface area contributed by atoms with Gasteiger partial charge in [0, 0.05) is 6.42 Å². The van der Waals surface area contributed by atoms with Crippen LogP contribution in [0, 0.1) is 7.14 Å². The van der Waals surface area contributed by atoms with Gasteiger partial charge in [-0.15, -0.1) is 15.3 Å². The fourth-order valence-electron chi connectivity index (χ4n) is 2.73. The fourth-order valence-corrected chi connectivity index (χ4v) is 6.55. The molecule has 12 heteroatoms. The Kier molecular flexibility index (Phi) is 9.40. The molecule has 0 saturated heterocycles. The molecule has 0 saturated carbocycles. The van der Waals surface area contributed by atoms with Gasteiger partial charge >= 0.3 is 0 Å². The molecule has 1 unspecified atom stereocenters. The van der Waals surface area contributed by atoms with Crippen molar-refractivity contribution in [2.24, 2.45) is 0 Å². The fraction of sp³-hybridized carbons (Fsp3) is 0.238. The number of aromatic nitrogens is 4. The molecular weight excluding hydrogens is 704 g/mol. The third-order valence-corrected chi connectivity index (χ3v) is 9.09. The number of nitrogens with one attached hydrogen (secondary N) is 1. The van der Waals surface area contributed by atoms with Gasteiger partial charge in [-0.2, -0.15) is 11.8 Å². The summed E-state index contributed by atoms with van der Waals surface area (Å²) in [6.45, 7) is 2.47. The quantitative estimate of drug-likeness (QED) is 0.133. The van der Waals surface area contributed by atoms with E-state index in [-0.39, 0.29) is 5.25 Å². The molecule has 0 radical (unpaired) electrons. The zero-order chi connectivity index (χ0) is 23.0. The predicted molar refractivity (Wildman–Crippen MR) is 152 cm³/mol. The van der Waals surface area contributed by atoms with Gasteiger partial charge in [0.05, 0.1) is 12.4 Å². The molecule has 1 atom stereocenters. The minimum atomic E-state index is 0.150. The Labute approximate surface area is 231 Å². The molecule has 2 heterocycles. The van der Waals surface area contributed by atoms with E-state index in [0.717, 1.165) is 46.0 Å². The largest absolute Gasteiger partial charge is 0.472 e. The average molecular weight is 723 g/mol. The number of thioether (sulfide) groups is 1. The van der Waals surface area contributed by atoms with Gasteiger partial charge in [-0.1, -0.05) is 59.0 Å². The summed E-state index contributed by atoms with van der Waals surface area (Å²) in [5, 5.41) is 23.7. The van der Waals surface area contributed by atoms with Crippen LogP contribution in [0.25, 0.3) is 0 Å². The number of para-hydroxylation sites is 2. The van der Waals surface area contributed by atoms with Gasteiger partial charge in [0.1, 0.15) is 21.5 Å². The lowest BCUT2D eigenvalue weighted by molar-refractivity contribution is 0.344. The van der Waals surface area contributed by atoms with Crippen LogP contribution >= 0.6 is 79.6 Å². The molecule has 0 spiro atoms. The molecule has 0 aliphatic rings. The lowest BCUT2D eigenvalue weighted by Crippen LogP contribution is -2.09. The van der Waals surface area contributed by atoms with Crippen molar-refractivity contribution in [3.63, 3.8) is 0 Å². The molecule has 4 aromatic rings. The highest BCUT2D eigenvalue weighted by Gasteiger charge is 2.20. The zero-order valence-corrected chi connectivity index (χ0v) is 24.2. The first-order valence-corrected chi connectivity index (χ1v) is 14.8. The van der Waals surface area contributed by atoms with Crippen molar-refractivity contribution < 1.29 is 9.47 Å². The Morgan fingerprint density at radius 1 is 0.939 bits per heavy atom. The first-order chi connectivity index (χ1) is 16.1. The molecule has 0 amide bonds. The van der Waals surface area contributed by atoms with E-state index in [2.05, 4.69) is 77.8 Å². The minimum Gasteiger partial charge on any atom is -0.472 e. The van der Waals surface area contributed by atoms with Crippen LogP contribution in [0.3, 0.4) is 0 Å². The Balaban J connectivity index is 1.36. The van der Waals surface area contributed by atoms with Crippen molar-refractivity contribution >= 4 is 84.7 Å². The van der Waals surface area contributed by atoms with Gasteiger partial charge in [-0.05, 0) is 75.2 Å². The maximum Gasteiger partial charge on any atom is 0.299 e. The molecule has 0 bridgehead atoms. The van der Waals surface area contributed by atoms with E-state index in [9.17, 15) is 0 Å². The van der Waals surface area contributed by atoms with Crippen molar-refractivity contribution in [2.75, 3.05) is 17.8 Å². The summed E-state index contributed by atoms with van der Waals surface area (Å²) in [6.07, 6.45) is 0.721. The molecule has 172 valence electrons. The van der Waals surface area contributed by atoms with Crippen LogP contribution in [0.2, 0.25) is 0 Å². The number of rotatable bonds is 11. The van der Waals surface area contributed by atoms with E-state index in [4.69, 9.17) is 9.47 Å². The van der Waals surface area contributed by atoms with Crippen molar-refractivity contribution in [1.82, 2.24) is 20.4 Å². The number of anilines is 1. The van der Waals surface area contributed by atoms with E-state index in [1.807, 2.05) is 60.3 Å². The topological polar surface area (TPSA) is 82.1 Å². The lowest BCUT2D eigenvalue weighted by atomic mass is 10.3. The molecule has 0 aliphatic carbocycles. The Bertz CT molecular complexity index is 1190. The number of ether oxygens (including phenoxy) is 2. The standard InChI is InChI=1S/C21H19I2N5O2S3/c1-2-31-17(11-18-25-28-21(32-18)30-16-10-6-4-8-14(16)23)19-26-27-20(33-19)24-12-29-15-9-5-3-7-13(15)22/h3-10,17H,2,11-12H2,1H3,(H,24,27). The molecule has 2 aromatic carbocycles.